The summed E-state index contributed by atoms with van der Waals surface area (Å²) in [6.45, 7) is 7.25. The van der Waals surface area contributed by atoms with Gasteiger partial charge in [0.25, 0.3) is 5.91 Å². The van der Waals surface area contributed by atoms with Gasteiger partial charge in [-0.15, -0.1) is 11.3 Å². The van der Waals surface area contributed by atoms with E-state index in [1.807, 2.05) is 0 Å². The molecule has 0 atom stereocenters. The van der Waals surface area contributed by atoms with Crippen LogP contribution in [0.1, 0.15) is 44.0 Å². The summed E-state index contributed by atoms with van der Waals surface area (Å²) < 4.78 is 9.94. The highest BCUT2D eigenvalue weighted by Crippen LogP contribution is 2.28. The third-order valence-electron chi connectivity index (χ3n) is 2.88. The first-order chi connectivity index (χ1) is 9.93. The van der Waals surface area contributed by atoms with E-state index in [0.29, 0.717) is 33.5 Å². The van der Waals surface area contributed by atoms with Gasteiger partial charge in [-0.3, -0.25) is 4.79 Å². The number of carbonyl (C=O) groups is 2. The van der Waals surface area contributed by atoms with Crippen LogP contribution in [0, 0.1) is 20.8 Å². The van der Waals surface area contributed by atoms with Crippen LogP contribution in [-0.2, 0) is 4.74 Å². The number of nitrogens with one attached hydrogen (secondary N) is 1. The van der Waals surface area contributed by atoms with Crippen molar-refractivity contribution in [2.45, 2.75) is 27.7 Å². The monoisotopic (exact) mass is 308 g/mol. The van der Waals surface area contributed by atoms with Gasteiger partial charge < -0.3 is 14.6 Å². The maximum atomic E-state index is 12.2. The smallest absolute Gasteiger partial charge is 0.348 e. The Morgan fingerprint density at radius 3 is 2.67 bits per heavy atom. The van der Waals surface area contributed by atoms with E-state index in [1.54, 1.807) is 33.8 Å². The van der Waals surface area contributed by atoms with Crippen molar-refractivity contribution in [1.29, 1.82) is 0 Å². The average Bonchev–Trinajstić information content (AvgIpc) is 2.93. The van der Waals surface area contributed by atoms with Gasteiger partial charge in [0.1, 0.15) is 16.2 Å². The van der Waals surface area contributed by atoms with Gasteiger partial charge in [-0.25, -0.2) is 4.79 Å². The van der Waals surface area contributed by atoms with Crippen molar-refractivity contribution in [3.63, 3.8) is 0 Å². The van der Waals surface area contributed by atoms with Crippen LogP contribution >= 0.6 is 11.3 Å². The second kappa shape index (κ2) is 6.09. The zero-order valence-corrected chi connectivity index (χ0v) is 13.1. The summed E-state index contributed by atoms with van der Waals surface area (Å²) in [5.41, 5.74) is 1.72. The maximum Gasteiger partial charge on any atom is 0.348 e. The molecule has 0 aliphatic carbocycles. The van der Waals surface area contributed by atoms with Gasteiger partial charge in [-0.05, 0) is 39.3 Å². The van der Waals surface area contributed by atoms with Gasteiger partial charge >= 0.3 is 5.97 Å². The topological polar surface area (TPSA) is 81.4 Å². The Labute approximate surface area is 126 Å². The van der Waals surface area contributed by atoms with Crippen LogP contribution in [0.15, 0.2) is 10.6 Å². The highest BCUT2D eigenvalue weighted by atomic mass is 32.1. The van der Waals surface area contributed by atoms with Crippen LogP contribution in [-0.4, -0.2) is 23.6 Å². The van der Waals surface area contributed by atoms with Gasteiger partial charge in [-0.1, -0.05) is 5.16 Å². The quantitative estimate of drug-likeness (QED) is 0.878. The summed E-state index contributed by atoms with van der Waals surface area (Å²) in [7, 11) is 0. The van der Waals surface area contributed by atoms with Crippen molar-refractivity contribution < 1.29 is 18.8 Å². The molecule has 0 saturated heterocycles. The molecular weight excluding hydrogens is 292 g/mol. The molecule has 112 valence electrons. The lowest BCUT2D eigenvalue weighted by molar-refractivity contribution is 0.0531. The van der Waals surface area contributed by atoms with Crippen LogP contribution < -0.4 is 5.32 Å². The molecule has 0 aromatic carbocycles. The fourth-order valence-electron chi connectivity index (χ4n) is 1.92. The lowest BCUT2D eigenvalue weighted by Crippen LogP contribution is -2.12. The van der Waals surface area contributed by atoms with Crippen molar-refractivity contribution in [2.75, 3.05) is 11.9 Å². The maximum absolute atomic E-state index is 12.2. The molecule has 2 heterocycles. The molecule has 0 unspecified atom stereocenters. The molecule has 0 saturated carbocycles. The Morgan fingerprint density at radius 2 is 2.10 bits per heavy atom. The highest BCUT2D eigenvalue weighted by molar-refractivity contribution is 7.18. The third kappa shape index (κ3) is 3.13. The molecule has 2 aromatic rings. The van der Waals surface area contributed by atoms with Crippen molar-refractivity contribution in [2.24, 2.45) is 0 Å². The molecule has 0 aliphatic heterocycles. The van der Waals surface area contributed by atoms with Crippen molar-refractivity contribution in [3.8, 4) is 0 Å². The summed E-state index contributed by atoms with van der Waals surface area (Å²) in [6.07, 6.45) is 0. The van der Waals surface area contributed by atoms with Crippen LogP contribution in [0.25, 0.3) is 0 Å². The predicted molar refractivity (Wildman–Crippen MR) is 78.9 cm³/mol. The van der Waals surface area contributed by atoms with Gasteiger partial charge in [-0.2, -0.15) is 0 Å². The lowest BCUT2D eigenvalue weighted by atomic mass is 10.2. The number of anilines is 1. The first-order valence-corrected chi connectivity index (χ1v) is 7.27. The number of hydrogen-bond donors (Lipinski definition) is 1. The van der Waals surface area contributed by atoms with E-state index in [9.17, 15) is 9.59 Å². The predicted octanol–water partition coefficient (Wildman–Crippen LogP) is 3.09. The van der Waals surface area contributed by atoms with E-state index < -0.39 is 0 Å². The number of hydrogen-bond acceptors (Lipinski definition) is 6. The van der Waals surface area contributed by atoms with E-state index >= 15 is 0 Å². The van der Waals surface area contributed by atoms with E-state index in [2.05, 4.69) is 10.5 Å². The minimum atomic E-state index is -0.377. The Morgan fingerprint density at radius 1 is 1.38 bits per heavy atom. The molecule has 7 heteroatoms. The van der Waals surface area contributed by atoms with Crippen LogP contribution in [0.3, 0.4) is 0 Å². The summed E-state index contributed by atoms with van der Waals surface area (Å²) >= 11 is 1.19. The van der Waals surface area contributed by atoms with E-state index in [1.165, 1.54) is 11.3 Å². The molecule has 6 nitrogen and oxygen atoms in total. The number of thiophene rings is 1. The van der Waals surface area contributed by atoms with Crippen molar-refractivity contribution >= 4 is 28.2 Å². The molecule has 0 spiro atoms. The molecule has 1 N–H and O–H groups in total. The Kier molecular flexibility index (Phi) is 4.42. The highest BCUT2D eigenvalue weighted by Gasteiger charge is 2.20. The fraction of sp³-hybridized carbons (Fsp3) is 0.357. The van der Waals surface area contributed by atoms with Crippen molar-refractivity contribution in [1.82, 2.24) is 5.16 Å². The molecule has 2 aromatic heterocycles. The van der Waals surface area contributed by atoms with Gasteiger partial charge in [0.15, 0.2) is 0 Å². The first kappa shape index (κ1) is 15.2. The molecule has 1 amide bonds. The average molecular weight is 308 g/mol. The number of amides is 1. The second-order valence-electron chi connectivity index (χ2n) is 4.50. The first-order valence-electron chi connectivity index (χ1n) is 6.45. The van der Waals surface area contributed by atoms with E-state index in [4.69, 9.17) is 9.26 Å². The van der Waals surface area contributed by atoms with Gasteiger partial charge in [0.2, 0.25) is 0 Å². The molecule has 2 rings (SSSR count). The van der Waals surface area contributed by atoms with Gasteiger partial charge in [0, 0.05) is 0 Å². The largest absolute Gasteiger partial charge is 0.462 e. The van der Waals surface area contributed by atoms with E-state index in [0.717, 1.165) is 5.56 Å². The SMILES string of the molecule is CCOC(=O)c1sc(NC(=O)c2c(C)noc2C)cc1C. The number of aryl methyl sites for hydroxylation is 3. The molecule has 21 heavy (non-hydrogen) atoms. The third-order valence-corrected chi connectivity index (χ3v) is 4.01. The minimum absolute atomic E-state index is 0.303. The number of rotatable bonds is 4. The molecule has 0 bridgehead atoms. The normalized spacial score (nSPS) is 10.5. The molecule has 0 aliphatic rings. The summed E-state index contributed by atoms with van der Waals surface area (Å²) in [5, 5.41) is 7.09. The Bertz CT molecular complexity index is 668. The number of nitrogens with zero attached hydrogens (tertiary/aromatic N) is 1. The Balaban J connectivity index is 2.19. The standard InChI is InChI=1S/C14H16N2O4S/c1-5-19-14(18)12-7(2)6-10(21-12)15-13(17)11-8(3)16-20-9(11)4/h6H,5H2,1-4H3,(H,15,17). The summed E-state index contributed by atoms with van der Waals surface area (Å²) in [4.78, 5) is 24.5. The number of aromatic nitrogens is 1. The van der Waals surface area contributed by atoms with Crippen LogP contribution in [0.4, 0.5) is 5.00 Å². The lowest BCUT2D eigenvalue weighted by Gasteiger charge is -2.01. The molecule has 0 radical (unpaired) electrons. The molecule has 0 fully saturated rings. The zero-order chi connectivity index (χ0) is 15.6. The fourth-order valence-corrected chi connectivity index (χ4v) is 2.89. The van der Waals surface area contributed by atoms with Crippen LogP contribution in [0.2, 0.25) is 0 Å². The molecular formula is C14H16N2O4S. The van der Waals surface area contributed by atoms with E-state index in [-0.39, 0.29) is 11.9 Å². The van der Waals surface area contributed by atoms with Crippen LogP contribution in [0.5, 0.6) is 0 Å². The summed E-state index contributed by atoms with van der Waals surface area (Å²) in [6, 6.07) is 1.74. The van der Waals surface area contributed by atoms with Crippen molar-refractivity contribution in [3.05, 3.63) is 33.5 Å². The second-order valence-corrected chi connectivity index (χ2v) is 5.55. The Hall–Kier alpha value is -2.15. The summed E-state index contributed by atoms with van der Waals surface area (Å²) in [5.74, 6) is -0.218. The van der Waals surface area contributed by atoms with Gasteiger partial charge in [0.05, 0.1) is 17.3 Å². The number of carbonyl (C=O) groups excluding carboxylic acids is 2. The number of ether oxygens (including phenoxy) is 1. The number of esters is 1. The zero-order valence-electron chi connectivity index (χ0n) is 12.3. The minimum Gasteiger partial charge on any atom is -0.462 e.